The van der Waals surface area contributed by atoms with Gasteiger partial charge in [0.1, 0.15) is 5.82 Å². The van der Waals surface area contributed by atoms with Crippen molar-refractivity contribution in [3.05, 3.63) is 12.4 Å². The van der Waals surface area contributed by atoms with Crippen LogP contribution in [0.5, 0.6) is 0 Å². The van der Waals surface area contributed by atoms with Crippen molar-refractivity contribution in [3.63, 3.8) is 0 Å². The molecule has 0 bridgehead atoms. The first kappa shape index (κ1) is 8.58. The van der Waals surface area contributed by atoms with Gasteiger partial charge in [-0.05, 0) is 0 Å². The molecule has 1 fully saturated rings. The zero-order valence-electron chi connectivity index (χ0n) is 7.37. The largest absolute Gasteiger partial charge is 0.423 e. The molecule has 0 saturated carbocycles. The highest BCUT2D eigenvalue weighted by Gasteiger charge is 2.28. The van der Waals surface area contributed by atoms with Gasteiger partial charge in [-0.2, -0.15) is 0 Å². The molecular formula is C7H11N3O2. The molecule has 0 atom stereocenters. The van der Waals surface area contributed by atoms with Crippen molar-refractivity contribution in [1.82, 2.24) is 9.80 Å². The van der Waals surface area contributed by atoms with E-state index in [-0.39, 0.29) is 6.02 Å². The van der Waals surface area contributed by atoms with E-state index in [4.69, 9.17) is 4.74 Å². The summed E-state index contributed by atoms with van der Waals surface area (Å²) in [4.78, 5) is 17.7. The molecule has 5 heteroatoms. The molecule has 1 saturated heterocycles. The highest BCUT2D eigenvalue weighted by atomic mass is 16.6. The quantitative estimate of drug-likeness (QED) is 0.529. The number of ether oxygens (including phenoxy) is 1. The van der Waals surface area contributed by atoms with Crippen LogP contribution in [0.3, 0.4) is 0 Å². The van der Waals surface area contributed by atoms with E-state index in [1.54, 1.807) is 26.0 Å². The van der Waals surface area contributed by atoms with Crippen LogP contribution in [0.4, 0.5) is 4.79 Å². The summed E-state index contributed by atoms with van der Waals surface area (Å²) in [6.07, 6.45) is -0.460. The van der Waals surface area contributed by atoms with Gasteiger partial charge in [0.15, 0.2) is 0 Å². The maximum atomic E-state index is 11.1. The van der Waals surface area contributed by atoms with Crippen LogP contribution >= 0.6 is 0 Å². The number of cyclic esters (lactones) is 1. The van der Waals surface area contributed by atoms with Crippen molar-refractivity contribution in [2.75, 3.05) is 21.1 Å². The molecule has 1 heterocycles. The number of hydrogen-bond donors (Lipinski definition) is 0. The molecule has 0 aromatic heterocycles. The third-order valence-electron chi connectivity index (χ3n) is 1.71. The molecule has 0 spiro atoms. The van der Waals surface area contributed by atoms with Crippen molar-refractivity contribution in [1.29, 1.82) is 0 Å². The van der Waals surface area contributed by atoms with E-state index >= 15 is 0 Å². The lowest BCUT2D eigenvalue weighted by molar-refractivity contribution is 0.135. The zero-order valence-corrected chi connectivity index (χ0v) is 7.37. The summed E-state index contributed by atoms with van der Waals surface area (Å²) in [6.45, 7) is 3.70. The molecule has 5 nitrogen and oxygen atoms in total. The van der Waals surface area contributed by atoms with Crippen LogP contribution < -0.4 is 0 Å². The van der Waals surface area contributed by atoms with E-state index in [9.17, 15) is 4.79 Å². The normalized spacial score (nSPS) is 21.8. The van der Waals surface area contributed by atoms with E-state index in [0.717, 1.165) is 0 Å². The minimum atomic E-state index is -0.460. The lowest BCUT2D eigenvalue weighted by Crippen LogP contribution is -2.46. The molecule has 1 aliphatic rings. The first-order valence-corrected chi connectivity index (χ1v) is 3.43. The molecule has 0 N–H and O–H groups in total. The molecule has 0 unspecified atom stereocenters. The van der Waals surface area contributed by atoms with Crippen molar-refractivity contribution in [2.45, 2.75) is 0 Å². The lowest BCUT2D eigenvalue weighted by Gasteiger charge is -2.32. The Morgan fingerprint density at radius 2 is 2.00 bits per heavy atom. The predicted molar refractivity (Wildman–Crippen MR) is 44.5 cm³/mol. The Morgan fingerprint density at radius 3 is 2.50 bits per heavy atom. The zero-order chi connectivity index (χ0) is 9.30. The Labute approximate surface area is 70.9 Å². The molecule has 0 radical (unpaired) electrons. The van der Waals surface area contributed by atoms with Crippen LogP contribution in [0.25, 0.3) is 0 Å². The Hall–Kier alpha value is -1.52. The summed E-state index contributed by atoms with van der Waals surface area (Å²) >= 11 is 0. The number of amidine groups is 1. The summed E-state index contributed by atoms with van der Waals surface area (Å²) in [5.41, 5.74) is 0. The summed E-state index contributed by atoms with van der Waals surface area (Å²) < 4.78 is 4.83. The monoisotopic (exact) mass is 169 g/mol. The molecule has 0 aromatic rings. The van der Waals surface area contributed by atoms with Crippen molar-refractivity contribution in [3.8, 4) is 0 Å². The number of aliphatic imine (C=N–C) groups is 1. The Balaban J connectivity index is 2.92. The van der Waals surface area contributed by atoms with Crippen molar-refractivity contribution >= 4 is 12.1 Å². The van der Waals surface area contributed by atoms with Crippen LogP contribution in [0, 0.1) is 0 Å². The number of nitrogens with zero attached hydrogens (tertiary/aromatic N) is 3. The minimum absolute atomic E-state index is 0.267. The Kier molecular flexibility index (Phi) is 2.03. The average molecular weight is 169 g/mol. The molecule has 1 aliphatic heterocycles. The maximum absolute atomic E-state index is 11.1. The second-order valence-corrected chi connectivity index (χ2v) is 2.41. The smallest absolute Gasteiger partial charge is 0.375 e. The van der Waals surface area contributed by atoms with Gasteiger partial charge in [0.05, 0.1) is 0 Å². The number of carbonyl (C=O) groups excluding carboxylic acids is 1. The van der Waals surface area contributed by atoms with Crippen LogP contribution in [0.15, 0.2) is 17.4 Å². The number of carbonyl (C=O) groups is 1. The molecule has 1 rings (SSSR count). The average Bonchev–Trinajstić information content (AvgIpc) is 2.08. The van der Waals surface area contributed by atoms with Crippen molar-refractivity contribution in [2.24, 2.45) is 4.99 Å². The topological polar surface area (TPSA) is 45.1 Å². The SMILES string of the molecule is C=C1N(C)C(=O)O/C(=N\C)N1C. The lowest BCUT2D eigenvalue weighted by atomic mass is 10.5. The van der Waals surface area contributed by atoms with Gasteiger partial charge in [-0.25, -0.2) is 9.79 Å². The van der Waals surface area contributed by atoms with Gasteiger partial charge in [0.2, 0.25) is 0 Å². The third kappa shape index (κ3) is 1.13. The fourth-order valence-electron chi connectivity index (χ4n) is 0.851. The fourth-order valence-corrected chi connectivity index (χ4v) is 0.851. The van der Waals surface area contributed by atoms with E-state index in [2.05, 4.69) is 11.6 Å². The molecular weight excluding hydrogens is 158 g/mol. The van der Waals surface area contributed by atoms with Gasteiger partial charge in [-0.1, -0.05) is 6.58 Å². The summed E-state index contributed by atoms with van der Waals surface area (Å²) in [5.74, 6) is 0.548. The fraction of sp³-hybridized carbons (Fsp3) is 0.429. The summed E-state index contributed by atoms with van der Waals surface area (Å²) in [7, 11) is 4.87. The van der Waals surface area contributed by atoms with E-state index in [1.165, 1.54) is 4.90 Å². The first-order chi connectivity index (χ1) is 5.57. The molecule has 0 aromatic carbocycles. The maximum Gasteiger partial charge on any atom is 0.423 e. The van der Waals surface area contributed by atoms with Crippen LogP contribution in [-0.4, -0.2) is 43.1 Å². The second-order valence-electron chi connectivity index (χ2n) is 2.41. The van der Waals surface area contributed by atoms with Gasteiger partial charge in [-0.3, -0.25) is 9.80 Å². The van der Waals surface area contributed by atoms with Crippen LogP contribution in [0.1, 0.15) is 0 Å². The van der Waals surface area contributed by atoms with E-state index in [0.29, 0.717) is 5.82 Å². The molecule has 12 heavy (non-hydrogen) atoms. The molecule has 66 valence electrons. The van der Waals surface area contributed by atoms with Gasteiger partial charge in [0, 0.05) is 21.1 Å². The van der Waals surface area contributed by atoms with Gasteiger partial charge in [-0.15, -0.1) is 0 Å². The van der Waals surface area contributed by atoms with Crippen LogP contribution in [0.2, 0.25) is 0 Å². The van der Waals surface area contributed by atoms with Gasteiger partial charge < -0.3 is 4.74 Å². The van der Waals surface area contributed by atoms with Gasteiger partial charge in [0.25, 0.3) is 0 Å². The van der Waals surface area contributed by atoms with Crippen molar-refractivity contribution < 1.29 is 9.53 Å². The number of hydrogen-bond acceptors (Lipinski definition) is 3. The first-order valence-electron chi connectivity index (χ1n) is 3.43. The second kappa shape index (κ2) is 2.84. The van der Waals surface area contributed by atoms with Gasteiger partial charge >= 0.3 is 12.1 Å². The number of rotatable bonds is 0. The van der Waals surface area contributed by atoms with E-state index < -0.39 is 6.09 Å². The Bertz CT molecular complexity index is 259. The summed E-state index contributed by atoms with van der Waals surface area (Å²) in [6, 6.07) is 0.267. The predicted octanol–water partition coefficient (Wildman–Crippen LogP) is 0.457. The molecule has 0 aliphatic carbocycles. The summed E-state index contributed by atoms with van der Waals surface area (Å²) in [5, 5.41) is 0. The van der Waals surface area contributed by atoms with Crippen LogP contribution in [-0.2, 0) is 4.74 Å². The highest BCUT2D eigenvalue weighted by Crippen LogP contribution is 2.13. The van der Waals surface area contributed by atoms with E-state index in [1.807, 2.05) is 0 Å². The third-order valence-corrected chi connectivity index (χ3v) is 1.71. The minimum Gasteiger partial charge on any atom is -0.375 e. The molecule has 1 amide bonds. The standard InChI is InChI=1S/C7H11N3O2/c1-5-9(3)6(8-2)12-7(11)10(5)4/h1H2,2-4H3/b8-6-. The highest BCUT2D eigenvalue weighted by molar-refractivity contribution is 5.91. The Morgan fingerprint density at radius 1 is 1.42 bits per heavy atom. The number of amides is 1.